The third-order valence-electron chi connectivity index (χ3n) is 7.33. The predicted molar refractivity (Wildman–Crippen MR) is 175 cm³/mol. The molecule has 0 aromatic carbocycles. The number of likely N-dealkylation sites (tertiary alicyclic amines) is 1. The van der Waals surface area contributed by atoms with E-state index in [1.165, 1.54) is 0 Å². The molecule has 3 N–H and O–H groups in total. The largest absolute Gasteiger partial charge is 0.444 e. The number of piperidine rings is 1. The van der Waals surface area contributed by atoms with Gasteiger partial charge in [-0.15, -0.1) is 10.2 Å². The van der Waals surface area contributed by atoms with Crippen LogP contribution in [0.15, 0.2) is 4.42 Å². The van der Waals surface area contributed by atoms with Gasteiger partial charge in [0.2, 0.25) is 17.7 Å². The first-order valence-electron chi connectivity index (χ1n) is 16.8. The molecule has 1 saturated heterocycles. The maximum Gasteiger partial charge on any atom is 0.410 e. The van der Waals surface area contributed by atoms with Crippen LogP contribution in [0.3, 0.4) is 0 Å². The fourth-order valence-electron chi connectivity index (χ4n) is 4.80. The Kier molecular flexibility index (Phi) is 14.3. The summed E-state index contributed by atoms with van der Waals surface area (Å²) in [5, 5.41) is 17.2. The summed E-state index contributed by atoms with van der Waals surface area (Å²) in [5.74, 6) is -0.000682. The Bertz CT molecular complexity index is 1170. The van der Waals surface area contributed by atoms with E-state index in [0.29, 0.717) is 51.7 Å². The number of aromatic nitrogens is 2. The maximum absolute atomic E-state index is 13.4. The molecule has 1 aliphatic rings. The monoisotopic (exact) mass is 666 g/mol. The Morgan fingerprint density at radius 2 is 1.38 bits per heavy atom. The van der Waals surface area contributed by atoms with Crippen molar-refractivity contribution in [3.05, 3.63) is 11.8 Å². The van der Waals surface area contributed by atoms with Crippen molar-refractivity contribution in [3.63, 3.8) is 0 Å². The zero-order valence-corrected chi connectivity index (χ0v) is 30.3. The Hall–Kier alpha value is -3.58. The Balaban J connectivity index is 2.10. The molecule has 0 bridgehead atoms. The smallest absolute Gasteiger partial charge is 0.410 e. The van der Waals surface area contributed by atoms with E-state index in [1.54, 1.807) is 46.4 Å². The van der Waals surface area contributed by atoms with E-state index in [2.05, 4.69) is 26.1 Å². The lowest BCUT2D eigenvalue weighted by atomic mass is 9.93. The van der Waals surface area contributed by atoms with Gasteiger partial charge in [0.05, 0.1) is 0 Å². The third-order valence-corrected chi connectivity index (χ3v) is 7.33. The maximum atomic E-state index is 13.4. The van der Waals surface area contributed by atoms with Crippen molar-refractivity contribution >= 4 is 24.2 Å². The van der Waals surface area contributed by atoms with E-state index < -0.39 is 41.1 Å². The summed E-state index contributed by atoms with van der Waals surface area (Å²) >= 11 is 0. The predicted octanol–water partition coefficient (Wildman–Crippen LogP) is 6.18. The first kappa shape index (κ1) is 39.6. The summed E-state index contributed by atoms with van der Waals surface area (Å²) in [4.78, 5) is 52.2. The molecule has 0 spiro atoms. The molecule has 0 aliphatic carbocycles. The number of hydrogen-bond acceptors (Lipinski definition) is 10. The van der Waals surface area contributed by atoms with E-state index in [0.717, 1.165) is 6.42 Å². The summed E-state index contributed by atoms with van der Waals surface area (Å²) < 4.78 is 22.3. The van der Waals surface area contributed by atoms with Crippen LogP contribution >= 0.6 is 0 Å². The van der Waals surface area contributed by atoms with Gasteiger partial charge in [0.1, 0.15) is 28.9 Å². The fraction of sp³-hybridized carbons (Fsp3) is 0.818. The van der Waals surface area contributed by atoms with Gasteiger partial charge in [0, 0.05) is 25.6 Å². The summed E-state index contributed by atoms with van der Waals surface area (Å²) in [6, 6.07) is -1.20. The van der Waals surface area contributed by atoms with Gasteiger partial charge in [-0.25, -0.2) is 14.4 Å². The van der Waals surface area contributed by atoms with Gasteiger partial charge in [0.15, 0.2) is 0 Å². The summed E-state index contributed by atoms with van der Waals surface area (Å²) in [5.41, 5.74) is -1.88. The molecule has 1 aromatic heterocycles. The van der Waals surface area contributed by atoms with Gasteiger partial charge in [0.25, 0.3) is 0 Å². The molecular weight excluding hydrogens is 608 g/mol. The molecule has 3 atom stereocenters. The van der Waals surface area contributed by atoms with Gasteiger partial charge >= 0.3 is 18.3 Å². The number of nitrogens with one attached hydrogen (secondary N) is 3. The van der Waals surface area contributed by atoms with Crippen molar-refractivity contribution in [2.45, 2.75) is 144 Å². The van der Waals surface area contributed by atoms with Gasteiger partial charge < -0.3 is 39.5 Å². The number of amides is 4. The van der Waals surface area contributed by atoms with Crippen molar-refractivity contribution in [2.75, 3.05) is 19.6 Å². The minimum absolute atomic E-state index is 0.0229. The molecule has 1 fully saturated rings. The summed E-state index contributed by atoms with van der Waals surface area (Å²) in [6.45, 7) is 21.4. The number of alkyl carbamates (subject to hydrolysis) is 2. The first-order chi connectivity index (χ1) is 21.7. The van der Waals surface area contributed by atoms with Gasteiger partial charge in [-0.3, -0.25) is 4.79 Å². The van der Waals surface area contributed by atoms with Crippen molar-refractivity contribution in [2.24, 2.45) is 11.8 Å². The van der Waals surface area contributed by atoms with Gasteiger partial charge in [-0.1, -0.05) is 20.3 Å². The minimum atomic E-state index is -0.707. The van der Waals surface area contributed by atoms with E-state index in [4.69, 9.17) is 18.6 Å². The summed E-state index contributed by atoms with van der Waals surface area (Å²) in [7, 11) is 0. The number of rotatable bonds is 12. The number of hydrogen-bond donors (Lipinski definition) is 3. The van der Waals surface area contributed by atoms with Crippen LogP contribution in [0.5, 0.6) is 0 Å². The topological polar surface area (TPSA) is 174 Å². The lowest BCUT2D eigenvalue weighted by Gasteiger charge is -2.33. The summed E-state index contributed by atoms with van der Waals surface area (Å²) in [6.07, 6.45) is 1.94. The fourth-order valence-corrected chi connectivity index (χ4v) is 4.80. The van der Waals surface area contributed by atoms with Crippen LogP contribution in [0, 0.1) is 11.8 Å². The van der Waals surface area contributed by atoms with Crippen LogP contribution in [0.2, 0.25) is 0 Å². The second kappa shape index (κ2) is 17.0. The number of ether oxygens (including phenoxy) is 3. The van der Waals surface area contributed by atoms with Crippen molar-refractivity contribution in [1.82, 2.24) is 31.0 Å². The van der Waals surface area contributed by atoms with Gasteiger partial charge in [-0.05, 0) is 100 Å². The van der Waals surface area contributed by atoms with Crippen LogP contribution in [0.1, 0.15) is 139 Å². The van der Waals surface area contributed by atoms with Crippen LogP contribution in [-0.4, -0.2) is 75.7 Å². The highest BCUT2D eigenvalue weighted by Gasteiger charge is 2.34. The number of carbonyl (C=O) groups is 4. The van der Waals surface area contributed by atoms with E-state index in [9.17, 15) is 19.2 Å². The highest BCUT2D eigenvalue weighted by Crippen LogP contribution is 2.28. The molecule has 0 unspecified atom stereocenters. The first-order valence-corrected chi connectivity index (χ1v) is 16.8. The third kappa shape index (κ3) is 14.8. The number of carbonyl (C=O) groups excluding carboxylic acids is 4. The molecule has 1 aliphatic heterocycles. The highest BCUT2D eigenvalue weighted by molar-refractivity contribution is 5.79. The molecular formula is C33H58N6O8. The molecule has 268 valence electrons. The van der Waals surface area contributed by atoms with Crippen LogP contribution in [0.25, 0.3) is 0 Å². The van der Waals surface area contributed by atoms with E-state index in [1.807, 2.05) is 34.6 Å². The normalized spacial score (nSPS) is 16.4. The lowest BCUT2D eigenvalue weighted by Crippen LogP contribution is -2.45. The number of unbranched alkanes of at least 4 members (excludes halogenated alkanes) is 1. The lowest BCUT2D eigenvalue weighted by molar-refractivity contribution is -0.127. The molecule has 0 radical (unpaired) electrons. The molecule has 4 amide bonds. The van der Waals surface area contributed by atoms with Crippen molar-refractivity contribution in [3.8, 4) is 0 Å². The highest BCUT2D eigenvalue weighted by atomic mass is 16.6. The zero-order chi connectivity index (χ0) is 35.6. The zero-order valence-electron chi connectivity index (χ0n) is 30.3. The average Bonchev–Trinajstić information content (AvgIpc) is 3.41. The second-order valence-corrected chi connectivity index (χ2v) is 15.2. The molecule has 1 aromatic rings. The minimum Gasteiger partial charge on any atom is -0.444 e. The Morgan fingerprint density at radius 3 is 1.94 bits per heavy atom. The van der Waals surface area contributed by atoms with E-state index in [-0.39, 0.29) is 35.6 Å². The molecule has 47 heavy (non-hydrogen) atoms. The Morgan fingerprint density at radius 1 is 0.830 bits per heavy atom. The van der Waals surface area contributed by atoms with Crippen LogP contribution in [-0.2, 0) is 19.0 Å². The second-order valence-electron chi connectivity index (χ2n) is 15.2. The quantitative estimate of drug-likeness (QED) is 0.173. The van der Waals surface area contributed by atoms with E-state index >= 15 is 0 Å². The molecule has 2 rings (SSSR count). The molecule has 14 nitrogen and oxygen atoms in total. The standard InChI is InChI=1S/C33H58N6O8/c1-12-21(2)24(36-25(40)22-16-19-39(20-17-22)30(43)47-33(9,10)11)27-38-37-26(44-27)23(35-29(42)46-32(6,7)8)15-13-14-18-34-28(41)45-31(3,4)5/h21-24H,12-20H2,1-11H3,(H,34,41)(H,35,42)(H,36,40)/t21-,23-,24-/m0/s1. The average molecular weight is 667 g/mol. The van der Waals surface area contributed by atoms with Crippen LogP contribution < -0.4 is 16.0 Å². The van der Waals surface area contributed by atoms with Crippen molar-refractivity contribution in [1.29, 1.82) is 0 Å². The number of nitrogens with zero attached hydrogens (tertiary/aromatic N) is 3. The van der Waals surface area contributed by atoms with Crippen LogP contribution in [0.4, 0.5) is 14.4 Å². The van der Waals surface area contributed by atoms with Gasteiger partial charge in [-0.2, -0.15) is 0 Å². The SMILES string of the molecule is CC[C@H](C)[C@H](NC(=O)C1CCN(C(=O)OC(C)(C)C)CC1)c1nnc([C@H](CCCCNC(=O)OC(C)(C)C)NC(=O)OC(C)(C)C)o1. The molecule has 14 heteroatoms. The molecule has 2 heterocycles. The molecule has 0 saturated carbocycles. The Labute approximate surface area is 279 Å². The van der Waals surface area contributed by atoms with Crippen molar-refractivity contribution < 1.29 is 37.8 Å².